The second-order valence-corrected chi connectivity index (χ2v) is 6.35. The summed E-state index contributed by atoms with van der Waals surface area (Å²) in [5, 5.41) is 5.87. The van der Waals surface area contributed by atoms with Crippen LogP contribution in [0.3, 0.4) is 0 Å². The molecule has 0 saturated carbocycles. The van der Waals surface area contributed by atoms with Crippen LogP contribution >= 0.6 is 23.1 Å². The van der Waals surface area contributed by atoms with E-state index in [4.69, 9.17) is 0 Å². The number of rotatable bonds is 3. The molecule has 1 aromatic heterocycles. The third-order valence-corrected chi connectivity index (χ3v) is 5.36. The lowest BCUT2D eigenvalue weighted by Gasteiger charge is -2.18. The van der Waals surface area contributed by atoms with Crippen LogP contribution in [0.1, 0.15) is 29.4 Å². The zero-order chi connectivity index (χ0) is 11.7. The van der Waals surface area contributed by atoms with Crippen molar-refractivity contribution < 1.29 is 0 Å². The standard InChI is InChI=1S/C14H15NS2/c1-10(13-7-4-8-16-13)15-12-9-17-14-6-3-2-5-11(12)14/h2-8,10,12,15H,9H2,1H3/t10-,12?/m0/s1. The molecule has 88 valence electrons. The van der Waals surface area contributed by atoms with E-state index in [9.17, 15) is 0 Å². The van der Waals surface area contributed by atoms with Crippen molar-refractivity contribution in [1.29, 1.82) is 0 Å². The maximum absolute atomic E-state index is 3.73. The number of thiophene rings is 1. The number of thioether (sulfide) groups is 1. The second kappa shape index (κ2) is 4.84. The minimum absolute atomic E-state index is 0.437. The quantitative estimate of drug-likeness (QED) is 0.886. The summed E-state index contributed by atoms with van der Waals surface area (Å²) in [6.07, 6.45) is 0. The van der Waals surface area contributed by atoms with Gasteiger partial charge in [0.25, 0.3) is 0 Å². The average Bonchev–Trinajstić information content (AvgIpc) is 2.98. The van der Waals surface area contributed by atoms with Gasteiger partial charge in [0.2, 0.25) is 0 Å². The van der Waals surface area contributed by atoms with Crippen molar-refractivity contribution in [3.8, 4) is 0 Å². The molecule has 1 aliphatic heterocycles. The summed E-state index contributed by atoms with van der Waals surface area (Å²) >= 11 is 3.78. The van der Waals surface area contributed by atoms with Crippen LogP contribution in [0.5, 0.6) is 0 Å². The Balaban J connectivity index is 1.75. The molecule has 2 aromatic rings. The molecule has 0 radical (unpaired) electrons. The maximum Gasteiger partial charge on any atom is 0.0431 e. The van der Waals surface area contributed by atoms with E-state index in [0.717, 1.165) is 5.75 Å². The van der Waals surface area contributed by atoms with E-state index in [1.54, 1.807) is 0 Å². The molecule has 1 nitrogen and oxygen atoms in total. The summed E-state index contributed by atoms with van der Waals surface area (Å²) in [4.78, 5) is 2.85. The molecule has 0 fully saturated rings. The molecule has 17 heavy (non-hydrogen) atoms. The van der Waals surface area contributed by atoms with Gasteiger partial charge in [0.1, 0.15) is 0 Å². The summed E-state index contributed by atoms with van der Waals surface area (Å²) < 4.78 is 0. The van der Waals surface area contributed by atoms with Gasteiger partial charge in [-0.2, -0.15) is 0 Å². The fraction of sp³-hybridized carbons (Fsp3) is 0.286. The molecule has 0 spiro atoms. The van der Waals surface area contributed by atoms with E-state index >= 15 is 0 Å². The van der Waals surface area contributed by atoms with Crippen LogP contribution in [0.4, 0.5) is 0 Å². The van der Waals surface area contributed by atoms with Crippen LogP contribution in [-0.2, 0) is 0 Å². The molecular weight excluding hydrogens is 246 g/mol. The van der Waals surface area contributed by atoms with Crippen LogP contribution in [0.25, 0.3) is 0 Å². The van der Waals surface area contributed by atoms with Gasteiger partial charge in [0.05, 0.1) is 0 Å². The third kappa shape index (κ3) is 2.28. The Labute approximate surface area is 110 Å². The van der Waals surface area contributed by atoms with Gasteiger partial charge in [-0.3, -0.25) is 0 Å². The average molecular weight is 261 g/mol. The van der Waals surface area contributed by atoms with Crippen molar-refractivity contribution in [3.05, 3.63) is 52.2 Å². The molecule has 0 amide bonds. The first-order valence-electron chi connectivity index (χ1n) is 5.86. The van der Waals surface area contributed by atoms with Crippen LogP contribution in [0.2, 0.25) is 0 Å². The highest BCUT2D eigenvalue weighted by molar-refractivity contribution is 7.99. The maximum atomic E-state index is 3.73. The van der Waals surface area contributed by atoms with Gasteiger partial charge >= 0.3 is 0 Å². The lowest BCUT2D eigenvalue weighted by Crippen LogP contribution is -2.23. The van der Waals surface area contributed by atoms with Crippen molar-refractivity contribution in [3.63, 3.8) is 0 Å². The van der Waals surface area contributed by atoms with Gasteiger partial charge in [0.15, 0.2) is 0 Å². The number of fused-ring (bicyclic) bond motifs is 1. The molecule has 2 atom stereocenters. The summed E-state index contributed by atoms with van der Waals surface area (Å²) in [7, 11) is 0. The molecule has 1 N–H and O–H groups in total. The first-order valence-corrected chi connectivity index (χ1v) is 7.72. The summed E-state index contributed by atoms with van der Waals surface area (Å²) in [5.41, 5.74) is 1.46. The molecule has 3 rings (SSSR count). The minimum Gasteiger partial charge on any atom is -0.302 e. The minimum atomic E-state index is 0.437. The molecule has 0 bridgehead atoms. The second-order valence-electron chi connectivity index (χ2n) is 4.31. The van der Waals surface area contributed by atoms with E-state index in [2.05, 4.69) is 54.0 Å². The first kappa shape index (κ1) is 11.3. The lowest BCUT2D eigenvalue weighted by molar-refractivity contribution is 0.507. The molecule has 3 heteroatoms. The zero-order valence-corrected chi connectivity index (χ0v) is 11.4. The number of benzene rings is 1. The Hall–Kier alpha value is -0.770. The molecule has 1 aliphatic rings. The van der Waals surface area contributed by atoms with Gasteiger partial charge in [-0.1, -0.05) is 24.3 Å². The van der Waals surface area contributed by atoms with Crippen molar-refractivity contribution in [1.82, 2.24) is 5.32 Å². The third-order valence-electron chi connectivity index (χ3n) is 3.12. The van der Waals surface area contributed by atoms with E-state index in [1.165, 1.54) is 15.3 Å². The van der Waals surface area contributed by atoms with Crippen LogP contribution in [0, 0.1) is 0 Å². The van der Waals surface area contributed by atoms with Crippen LogP contribution < -0.4 is 5.32 Å². The van der Waals surface area contributed by atoms with E-state index < -0.39 is 0 Å². The van der Waals surface area contributed by atoms with Gasteiger partial charge in [-0.05, 0) is 30.0 Å². The molecule has 2 heterocycles. The predicted molar refractivity (Wildman–Crippen MR) is 75.8 cm³/mol. The summed E-state index contributed by atoms with van der Waals surface area (Å²) in [5.74, 6) is 1.15. The fourth-order valence-corrected chi connectivity index (χ4v) is 4.14. The highest BCUT2D eigenvalue weighted by Crippen LogP contribution is 2.39. The fourth-order valence-electron chi connectivity index (χ4n) is 2.22. The van der Waals surface area contributed by atoms with Gasteiger partial charge in [-0.15, -0.1) is 23.1 Å². The van der Waals surface area contributed by atoms with Crippen molar-refractivity contribution >= 4 is 23.1 Å². The highest BCUT2D eigenvalue weighted by atomic mass is 32.2. The molecule has 0 saturated heterocycles. The SMILES string of the molecule is C[C@H](NC1CSc2ccccc21)c1cccs1. The van der Waals surface area contributed by atoms with Gasteiger partial charge in [0, 0.05) is 27.6 Å². The van der Waals surface area contributed by atoms with Crippen molar-refractivity contribution in [2.75, 3.05) is 5.75 Å². The topological polar surface area (TPSA) is 12.0 Å². The Morgan fingerprint density at radius 1 is 1.24 bits per heavy atom. The summed E-state index contributed by atoms with van der Waals surface area (Å²) in [6, 6.07) is 14.0. The van der Waals surface area contributed by atoms with Crippen LogP contribution in [0.15, 0.2) is 46.7 Å². The van der Waals surface area contributed by atoms with Gasteiger partial charge in [-0.25, -0.2) is 0 Å². The number of hydrogen-bond acceptors (Lipinski definition) is 3. The monoisotopic (exact) mass is 261 g/mol. The smallest absolute Gasteiger partial charge is 0.0431 e. The van der Waals surface area contributed by atoms with Crippen molar-refractivity contribution in [2.24, 2.45) is 0 Å². The molecular formula is C14H15NS2. The summed E-state index contributed by atoms with van der Waals surface area (Å²) in [6.45, 7) is 2.25. The lowest BCUT2D eigenvalue weighted by atomic mass is 10.1. The van der Waals surface area contributed by atoms with E-state index in [0.29, 0.717) is 12.1 Å². The number of hydrogen-bond donors (Lipinski definition) is 1. The Morgan fingerprint density at radius 3 is 2.94 bits per heavy atom. The Bertz CT molecular complexity index is 493. The van der Waals surface area contributed by atoms with Crippen molar-refractivity contribution in [2.45, 2.75) is 23.9 Å². The largest absolute Gasteiger partial charge is 0.302 e. The molecule has 1 aromatic carbocycles. The van der Waals surface area contributed by atoms with Crippen LogP contribution in [-0.4, -0.2) is 5.75 Å². The first-order chi connectivity index (χ1) is 8.34. The van der Waals surface area contributed by atoms with E-state index in [-0.39, 0.29) is 0 Å². The Kier molecular flexibility index (Phi) is 3.23. The Morgan fingerprint density at radius 2 is 2.12 bits per heavy atom. The predicted octanol–water partition coefficient (Wildman–Crippen LogP) is 4.25. The zero-order valence-electron chi connectivity index (χ0n) is 9.72. The normalized spacial score (nSPS) is 20.2. The highest BCUT2D eigenvalue weighted by Gasteiger charge is 2.24. The van der Waals surface area contributed by atoms with Gasteiger partial charge < -0.3 is 5.32 Å². The molecule has 0 aliphatic carbocycles. The van der Waals surface area contributed by atoms with E-state index in [1.807, 2.05) is 23.1 Å². The molecule has 1 unspecified atom stereocenters. The number of nitrogens with one attached hydrogen (secondary N) is 1.